The molecule has 2 unspecified atom stereocenters. The van der Waals surface area contributed by atoms with Crippen LogP contribution in [0.4, 0.5) is 0 Å². The van der Waals surface area contributed by atoms with Gasteiger partial charge in [-0.25, -0.2) is 0 Å². The molecule has 1 saturated carbocycles. The molecular weight excluding hydrogens is 190 g/mol. The van der Waals surface area contributed by atoms with Gasteiger partial charge in [0.15, 0.2) is 0 Å². The number of carbonyl (C=O) groups excluding carboxylic acids is 1. The molecule has 1 amide bonds. The highest BCUT2D eigenvalue weighted by Gasteiger charge is 2.20. The maximum absolute atomic E-state index is 10.6. The van der Waals surface area contributed by atoms with E-state index in [1.807, 2.05) is 0 Å². The molecule has 2 atom stereocenters. The summed E-state index contributed by atoms with van der Waals surface area (Å²) in [5.41, 5.74) is 0. The summed E-state index contributed by atoms with van der Waals surface area (Å²) < 4.78 is 5.60. The number of amides is 1. The second-order valence-corrected chi connectivity index (χ2v) is 4.70. The lowest BCUT2D eigenvalue weighted by atomic mass is 10.1. The lowest BCUT2D eigenvalue weighted by Crippen LogP contribution is -2.22. The highest BCUT2D eigenvalue weighted by Crippen LogP contribution is 2.30. The Kier molecular flexibility index (Phi) is 5.69. The Balaban J connectivity index is 1.87. The van der Waals surface area contributed by atoms with E-state index in [9.17, 15) is 4.79 Å². The van der Waals surface area contributed by atoms with E-state index in [2.05, 4.69) is 12.2 Å². The highest BCUT2D eigenvalue weighted by atomic mass is 16.5. The van der Waals surface area contributed by atoms with Crippen molar-refractivity contribution >= 4 is 5.91 Å². The van der Waals surface area contributed by atoms with Crippen molar-refractivity contribution in [2.24, 2.45) is 11.8 Å². The van der Waals surface area contributed by atoms with Crippen LogP contribution >= 0.6 is 0 Å². The molecule has 1 aliphatic rings. The second-order valence-electron chi connectivity index (χ2n) is 4.70. The molecule has 1 rings (SSSR count). The normalized spacial score (nSPS) is 25.5. The Labute approximate surface area is 92.6 Å². The van der Waals surface area contributed by atoms with Crippen LogP contribution < -0.4 is 5.32 Å². The Morgan fingerprint density at radius 3 is 2.87 bits per heavy atom. The largest absolute Gasteiger partial charge is 0.381 e. The van der Waals surface area contributed by atoms with Crippen molar-refractivity contribution in [1.29, 1.82) is 0 Å². The number of ether oxygens (including phenoxy) is 1. The first-order valence-corrected chi connectivity index (χ1v) is 6.00. The molecular formula is C12H23NO2. The zero-order chi connectivity index (χ0) is 11.1. The molecule has 0 bridgehead atoms. The predicted molar refractivity (Wildman–Crippen MR) is 60.6 cm³/mol. The van der Waals surface area contributed by atoms with Crippen LogP contribution in [0.25, 0.3) is 0 Å². The number of rotatable bonds is 6. The molecule has 0 aromatic rings. The third-order valence-corrected chi connectivity index (χ3v) is 3.00. The average molecular weight is 213 g/mol. The average Bonchev–Trinajstić information content (AvgIpc) is 2.57. The monoisotopic (exact) mass is 213 g/mol. The lowest BCUT2D eigenvalue weighted by Gasteiger charge is -2.10. The van der Waals surface area contributed by atoms with Crippen molar-refractivity contribution in [3.63, 3.8) is 0 Å². The zero-order valence-corrected chi connectivity index (χ0v) is 9.92. The van der Waals surface area contributed by atoms with Gasteiger partial charge < -0.3 is 10.1 Å². The van der Waals surface area contributed by atoms with Crippen LogP contribution in [-0.4, -0.2) is 25.7 Å². The van der Waals surface area contributed by atoms with Crippen LogP contribution in [0.5, 0.6) is 0 Å². The quantitative estimate of drug-likeness (QED) is 0.685. The zero-order valence-electron chi connectivity index (χ0n) is 9.92. The Morgan fingerprint density at radius 2 is 2.27 bits per heavy atom. The fourth-order valence-corrected chi connectivity index (χ4v) is 2.16. The second kappa shape index (κ2) is 6.83. The van der Waals surface area contributed by atoms with Gasteiger partial charge in [0.25, 0.3) is 0 Å². The minimum absolute atomic E-state index is 0.0413. The van der Waals surface area contributed by atoms with Gasteiger partial charge in [-0.05, 0) is 31.1 Å². The SMILES string of the molecule is CC(=O)NCCCOCC1CCC(C)C1. The van der Waals surface area contributed by atoms with Crippen molar-refractivity contribution in [2.75, 3.05) is 19.8 Å². The number of carbonyl (C=O) groups is 1. The maximum Gasteiger partial charge on any atom is 0.216 e. The fourth-order valence-electron chi connectivity index (χ4n) is 2.16. The van der Waals surface area contributed by atoms with Crippen LogP contribution in [0.1, 0.15) is 39.5 Å². The van der Waals surface area contributed by atoms with E-state index in [1.165, 1.54) is 19.3 Å². The summed E-state index contributed by atoms with van der Waals surface area (Å²) in [4.78, 5) is 10.6. The molecule has 0 saturated heterocycles. The third kappa shape index (κ3) is 5.78. The summed E-state index contributed by atoms with van der Waals surface area (Å²) in [6.45, 7) is 6.27. The van der Waals surface area contributed by atoms with E-state index in [4.69, 9.17) is 4.74 Å². The van der Waals surface area contributed by atoms with Gasteiger partial charge in [0.2, 0.25) is 5.91 Å². The first kappa shape index (κ1) is 12.5. The smallest absolute Gasteiger partial charge is 0.216 e. The van der Waals surface area contributed by atoms with Crippen molar-refractivity contribution in [1.82, 2.24) is 5.32 Å². The summed E-state index contributed by atoms with van der Waals surface area (Å²) in [7, 11) is 0. The molecule has 3 heteroatoms. The molecule has 0 aromatic carbocycles. The summed E-state index contributed by atoms with van der Waals surface area (Å²) in [6, 6.07) is 0. The van der Waals surface area contributed by atoms with Crippen LogP contribution in [0, 0.1) is 11.8 Å². The van der Waals surface area contributed by atoms with E-state index in [0.29, 0.717) is 0 Å². The number of hydrogen-bond acceptors (Lipinski definition) is 2. The van der Waals surface area contributed by atoms with Gasteiger partial charge in [0.1, 0.15) is 0 Å². The van der Waals surface area contributed by atoms with Gasteiger partial charge in [-0.15, -0.1) is 0 Å². The number of nitrogens with one attached hydrogen (secondary N) is 1. The molecule has 88 valence electrons. The minimum Gasteiger partial charge on any atom is -0.381 e. The molecule has 0 heterocycles. The lowest BCUT2D eigenvalue weighted by molar-refractivity contribution is -0.119. The minimum atomic E-state index is 0.0413. The maximum atomic E-state index is 10.6. The van der Waals surface area contributed by atoms with Gasteiger partial charge >= 0.3 is 0 Å². The van der Waals surface area contributed by atoms with Crippen molar-refractivity contribution in [2.45, 2.75) is 39.5 Å². The molecule has 0 aliphatic heterocycles. The summed E-state index contributed by atoms with van der Waals surface area (Å²) in [5.74, 6) is 1.71. The van der Waals surface area contributed by atoms with Crippen molar-refractivity contribution < 1.29 is 9.53 Å². The van der Waals surface area contributed by atoms with Gasteiger partial charge in [0.05, 0.1) is 0 Å². The molecule has 0 radical (unpaired) electrons. The van der Waals surface area contributed by atoms with Gasteiger partial charge in [-0.2, -0.15) is 0 Å². The van der Waals surface area contributed by atoms with Gasteiger partial charge in [-0.3, -0.25) is 4.79 Å². The topological polar surface area (TPSA) is 38.3 Å². The van der Waals surface area contributed by atoms with Crippen LogP contribution in [0.2, 0.25) is 0 Å². The Morgan fingerprint density at radius 1 is 1.47 bits per heavy atom. The van der Waals surface area contributed by atoms with E-state index >= 15 is 0 Å². The summed E-state index contributed by atoms with van der Waals surface area (Å²) in [5, 5.41) is 2.76. The molecule has 1 fully saturated rings. The van der Waals surface area contributed by atoms with E-state index in [-0.39, 0.29) is 5.91 Å². The summed E-state index contributed by atoms with van der Waals surface area (Å²) >= 11 is 0. The molecule has 0 spiro atoms. The van der Waals surface area contributed by atoms with E-state index in [0.717, 1.165) is 38.0 Å². The van der Waals surface area contributed by atoms with Crippen LogP contribution in [-0.2, 0) is 9.53 Å². The molecule has 0 aromatic heterocycles. The van der Waals surface area contributed by atoms with Crippen molar-refractivity contribution in [3.8, 4) is 0 Å². The fraction of sp³-hybridized carbons (Fsp3) is 0.917. The first-order chi connectivity index (χ1) is 7.18. The number of hydrogen-bond donors (Lipinski definition) is 1. The van der Waals surface area contributed by atoms with Gasteiger partial charge in [0, 0.05) is 26.7 Å². The third-order valence-electron chi connectivity index (χ3n) is 3.00. The van der Waals surface area contributed by atoms with Crippen LogP contribution in [0.3, 0.4) is 0 Å². The van der Waals surface area contributed by atoms with E-state index < -0.39 is 0 Å². The Bertz CT molecular complexity index is 194. The predicted octanol–water partition coefficient (Wildman–Crippen LogP) is 1.97. The van der Waals surface area contributed by atoms with Crippen molar-refractivity contribution in [3.05, 3.63) is 0 Å². The van der Waals surface area contributed by atoms with E-state index in [1.54, 1.807) is 6.92 Å². The molecule has 1 aliphatic carbocycles. The standard InChI is InChI=1S/C12H23NO2/c1-10-4-5-12(8-10)9-15-7-3-6-13-11(2)14/h10,12H,3-9H2,1-2H3,(H,13,14). The van der Waals surface area contributed by atoms with Crippen LogP contribution in [0.15, 0.2) is 0 Å². The highest BCUT2D eigenvalue weighted by molar-refractivity contribution is 5.72. The summed E-state index contributed by atoms with van der Waals surface area (Å²) in [6.07, 6.45) is 4.93. The molecule has 15 heavy (non-hydrogen) atoms. The molecule has 3 nitrogen and oxygen atoms in total. The molecule has 1 N–H and O–H groups in total. The first-order valence-electron chi connectivity index (χ1n) is 6.00. The van der Waals surface area contributed by atoms with Gasteiger partial charge in [-0.1, -0.05) is 13.3 Å². The Hall–Kier alpha value is -0.570.